The maximum absolute atomic E-state index is 12.0. The summed E-state index contributed by atoms with van der Waals surface area (Å²) in [4.78, 5) is 24.2. The van der Waals surface area contributed by atoms with Gasteiger partial charge >= 0.3 is 5.97 Å². The number of carboxylic acid groups (broad SMARTS) is 1. The van der Waals surface area contributed by atoms with E-state index in [9.17, 15) is 9.59 Å². The van der Waals surface area contributed by atoms with Crippen LogP contribution in [0.25, 0.3) is 0 Å². The molecule has 1 rings (SSSR count). The lowest BCUT2D eigenvalue weighted by Gasteiger charge is -2.23. The number of anilines is 1. The SMILES string of the molecule is CN(C(=O)CNC(C)(C)C)c1ccc(C(=O)O)cc1. The van der Waals surface area contributed by atoms with Crippen LogP contribution in [0.1, 0.15) is 31.1 Å². The van der Waals surface area contributed by atoms with Crippen LogP contribution < -0.4 is 10.2 Å². The number of amides is 1. The third-order valence-electron chi connectivity index (χ3n) is 2.65. The van der Waals surface area contributed by atoms with Gasteiger partial charge in [0, 0.05) is 18.3 Å². The van der Waals surface area contributed by atoms with E-state index in [0.29, 0.717) is 5.69 Å². The van der Waals surface area contributed by atoms with Crippen LogP contribution in [-0.4, -0.2) is 36.1 Å². The quantitative estimate of drug-likeness (QED) is 0.869. The van der Waals surface area contributed by atoms with Crippen molar-refractivity contribution in [2.24, 2.45) is 0 Å². The molecule has 0 saturated carbocycles. The van der Waals surface area contributed by atoms with E-state index in [1.807, 2.05) is 20.8 Å². The maximum Gasteiger partial charge on any atom is 0.335 e. The molecule has 5 nitrogen and oxygen atoms in total. The molecule has 0 aliphatic heterocycles. The molecule has 0 aliphatic rings. The largest absolute Gasteiger partial charge is 0.478 e. The molecule has 5 heteroatoms. The molecule has 19 heavy (non-hydrogen) atoms. The van der Waals surface area contributed by atoms with Crippen LogP contribution in [0.5, 0.6) is 0 Å². The molecule has 104 valence electrons. The summed E-state index contributed by atoms with van der Waals surface area (Å²) in [5.74, 6) is -1.05. The van der Waals surface area contributed by atoms with Gasteiger partial charge < -0.3 is 15.3 Å². The van der Waals surface area contributed by atoms with E-state index in [4.69, 9.17) is 5.11 Å². The van der Waals surface area contributed by atoms with E-state index in [1.54, 1.807) is 19.2 Å². The van der Waals surface area contributed by atoms with Crippen molar-refractivity contribution in [2.45, 2.75) is 26.3 Å². The Morgan fingerprint density at radius 1 is 1.21 bits per heavy atom. The van der Waals surface area contributed by atoms with Crippen LogP contribution in [0.15, 0.2) is 24.3 Å². The monoisotopic (exact) mass is 264 g/mol. The Bertz CT molecular complexity index is 461. The summed E-state index contributed by atoms with van der Waals surface area (Å²) >= 11 is 0. The topological polar surface area (TPSA) is 69.6 Å². The summed E-state index contributed by atoms with van der Waals surface area (Å²) in [5, 5.41) is 11.9. The van der Waals surface area contributed by atoms with Crippen LogP contribution in [0.4, 0.5) is 5.69 Å². The Kier molecular flexibility index (Phi) is 4.67. The zero-order chi connectivity index (χ0) is 14.6. The van der Waals surface area contributed by atoms with Crippen LogP contribution in [-0.2, 0) is 4.79 Å². The third kappa shape index (κ3) is 4.71. The number of benzene rings is 1. The number of nitrogens with one attached hydrogen (secondary N) is 1. The number of nitrogens with zero attached hydrogens (tertiary/aromatic N) is 1. The molecule has 1 aromatic rings. The number of carbonyl (C=O) groups excluding carboxylic acids is 1. The second kappa shape index (κ2) is 5.84. The minimum absolute atomic E-state index is 0.0713. The summed E-state index contributed by atoms with van der Waals surface area (Å²) in [6.07, 6.45) is 0. The highest BCUT2D eigenvalue weighted by Crippen LogP contribution is 2.14. The second-order valence-corrected chi connectivity index (χ2v) is 5.41. The fourth-order valence-corrected chi connectivity index (χ4v) is 1.43. The first-order chi connectivity index (χ1) is 8.70. The Morgan fingerprint density at radius 2 is 1.74 bits per heavy atom. The van der Waals surface area contributed by atoms with Crippen molar-refractivity contribution in [2.75, 3.05) is 18.5 Å². The summed E-state index contributed by atoms with van der Waals surface area (Å²) < 4.78 is 0. The molecule has 0 atom stereocenters. The molecule has 2 N–H and O–H groups in total. The number of rotatable bonds is 4. The van der Waals surface area contributed by atoms with E-state index in [1.165, 1.54) is 17.0 Å². The number of aromatic carboxylic acids is 1. The molecule has 0 radical (unpaired) electrons. The number of hydrogen-bond donors (Lipinski definition) is 2. The third-order valence-corrected chi connectivity index (χ3v) is 2.65. The molecule has 0 aliphatic carbocycles. The lowest BCUT2D eigenvalue weighted by molar-refractivity contribution is -0.117. The molecular formula is C14H20N2O3. The van der Waals surface area contributed by atoms with Crippen LogP contribution >= 0.6 is 0 Å². The van der Waals surface area contributed by atoms with Crippen molar-refractivity contribution < 1.29 is 14.7 Å². The Hall–Kier alpha value is -1.88. The van der Waals surface area contributed by atoms with E-state index in [2.05, 4.69) is 5.32 Å². The summed E-state index contributed by atoms with van der Waals surface area (Å²) in [5.41, 5.74) is 0.757. The van der Waals surface area contributed by atoms with Crippen LogP contribution in [0.3, 0.4) is 0 Å². The zero-order valence-corrected chi connectivity index (χ0v) is 11.7. The Labute approximate surface area is 113 Å². The maximum atomic E-state index is 12.0. The van der Waals surface area contributed by atoms with Gasteiger partial charge in [0.1, 0.15) is 0 Å². The Morgan fingerprint density at radius 3 is 2.16 bits per heavy atom. The van der Waals surface area contributed by atoms with E-state index >= 15 is 0 Å². The average molecular weight is 264 g/mol. The molecular weight excluding hydrogens is 244 g/mol. The molecule has 0 unspecified atom stereocenters. The molecule has 1 aromatic carbocycles. The van der Waals surface area contributed by atoms with Crippen LogP contribution in [0.2, 0.25) is 0 Å². The first kappa shape index (κ1) is 15.2. The van der Waals surface area contributed by atoms with Crippen molar-refractivity contribution in [1.29, 1.82) is 0 Å². The molecule has 0 aromatic heterocycles. The number of likely N-dealkylation sites (N-methyl/N-ethyl adjacent to an activating group) is 1. The highest BCUT2D eigenvalue weighted by Gasteiger charge is 2.15. The minimum Gasteiger partial charge on any atom is -0.478 e. The molecule has 0 heterocycles. The first-order valence-electron chi connectivity index (χ1n) is 6.05. The number of hydrogen-bond acceptors (Lipinski definition) is 3. The predicted molar refractivity (Wildman–Crippen MR) is 74.6 cm³/mol. The Balaban J connectivity index is 2.69. The fourth-order valence-electron chi connectivity index (χ4n) is 1.43. The van der Waals surface area contributed by atoms with Gasteiger partial charge in [0.05, 0.1) is 12.1 Å². The predicted octanol–water partition coefficient (Wildman–Crippen LogP) is 1.74. The highest BCUT2D eigenvalue weighted by molar-refractivity contribution is 5.95. The van der Waals surface area contributed by atoms with E-state index < -0.39 is 5.97 Å². The van der Waals surface area contributed by atoms with Gasteiger partial charge in [0.2, 0.25) is 5.91 Å². The van der Waals surface area contributed by atoms with Gasteiger partial charge in [-0.2, -0.15) is 0 Å². The normalized spacial score (nSPS) is 11.2. The van der Waals surface area contributed by atoms with Gasteiger partial charge in [-0.25, -0.2) is 4.79 Å². The van der Waals surface area contributed by atoms with Gasteiger partial charge in [0.15, 0.2) is 0 Å². The van der Waals surface area contributed by atoms with Gasteiger partial charge in [0.25, 0.3) is 0 Å². The van der Waals surface area contributed by atoms with Crippen molar-refractivity contribution in [3.05, 3.63) is 29.8 Å². The summed E-state index contributed by atoms with van der Waals surface area (Å²) in [6.45, 7) is 6.20. The van der Waals surface area contributed by atoms with Crippen molar-refractivity contribution in [3.63, 3.8) is 0 Å². The smallest absolute Gasteiger partial charge is 0.335 e. The number of carboxylic acids is 1. The number of carbonyl (C=O) groups is 2. The summed E-state index contributed by atoms with van der Waals surface area (Å²) in [7, 11) is 1.67. The summed E-state index contributed by atoms with van der Waals surface area (Å²) in [6, 6.07) is 6.22. The fraction of sp³-hybridized carbons (Fsp3) is 0.429. The lowest BCUT2D eigenvalue weighted by Crippen LogP contribution is -2.43. The molecule has 0 spiro atoms. The van der Waals surface area contributed by atoms with Crippen molar-refractivity contribution in [1.82, 2.24) is 5.32 Å². The van der Waals surface area contributed by atoms with E-state index in [0.717, 1.165) is 0 Å². The first-order valence-corrected chi connectivity index (χ1v) is 6.05. The molecule has 0 fully saturated rings. The van der Waals surface area contributed by atoms with Crippen molar-refractivity contribution in [3.8, 4) is 0 Å². The van der Waals surface area contributed by atoms with E-state index in [-0.39, 0.29) is 23.6 Å². The average Bonchev–Trinajstić information content (AvgIpc) is 2.34. The zero-order valence-electron chi connectivity index (χ0n) is 11.7. The highest BCUT2D eigenvalue weighted by atomic mass is 16.4. The van der Waals surface area contributed by atoms with Crippen molar-refractivity contribution >= 4 is 17.6 Å². The minimum atomic E-state index is -0.977. The van der Waals surface area contributed by atoms with Gasteiger partial charge in [-0.3, -0.25) is 4.79 Å². The molecule has 0 saturated heterocycles. The van der Waals surface area contributed by atoms with Gasteiger partial charge in [-0.15, -0.1) is 0 Å². The van der Waals surface area contributed by atoms with Gasteiger partial charge in [-0.05, 0) is 45.0 Å². The standard InChI is InChI=1S/C14H20N2O3/c1-14(2,3)15-9-12(17)16(4)11-7-5-10(6-8-11)13(18)19/h5-8,15H,9H2,1-4H3,(H,18,19). The van der Waals surface area contributed by atoms with Gasteiger partial charge in [-0.1, -0.05) is 0 Å². The second-order valence-electron chi connectivity index (χ2n) is 5.41. The lowest BCUT2D eigenvalue weighted by atomic mass is 10.1. The molecule has 1 amide bonds. The molecule has 0 bridgehead atoms. The van der Waals surface area contributed by atoms with Crippen LogP contribution in [0, 0.1) is 0 Å².